The molecule has 0 rings (SSSR count). The van der Waals surface area contributed by atoms with Crippen LogP contribution in [0.3, 0.4) is 0 Å². The lowest BCUT2D eigenvalue weighted by Crippen LogP contribution is -2.45. The summed E-state index contributed by atoms with van der Waals surface area (Å²) in [7, 11) is 0. The molecule has 0 radical (unpaired) electrons. The predicted molar refractivity (Wildman–Crippen MR) is 354 cm³/mol. The predicted octanol–water partition coefficient (Wildman–Crippen LogP) is 23.3. The van der Waals surface area contributed by atoms with Crippen LogP contribution in [-0.4, -0.2) is 34.9 Å². The van der Waals surface area contributed by atoms with Gasteiger partial charge in [0.05, 0.1) is 18.8 Å². The van der Waals surface area contributed by atoms with Crippen LogP contribution in [0, 0.1) is 0 Å². The van der Waals surface area contributed by atoms with E-state index >= 15 is 0 Å². The van der Waals surface area contributed by atoms with Crippen LogP contribution in [0.2, 0.25) is 0 Å². The Labute approximate surface area is 491 Å². The van der Waals surface area contributed by atoms with E-state index < -0.39 is 12.1 Å². The zero-order valence-corrected chi connectivity index (χ0v) is 52.1. The zero-order valence-electron chi connectivity index (χ0n) is 52.1. The second-order valence-electron chi connectivity index (χ2n) is 22.5. The molecule has 2 unspecified atom stereocenters. The summed E-state index contributed by atoms with van der Waals surface area (Å²) in [4.78, 5) is 12.5. The van der Waals surface area contributed by atoms with Crippen molar-refractivity contribution in [3.05, 3.63) is 134 Å². The highest BCUT2D eigenvalue weighted by Crippen LogP contribution is 2.17. The highest BCUT2D eigenvalue weighted by Gasteiger charge is 2.18. The first-order valence-corrected chi connectivity index (χ1v) is 33.9. The van der Waals surface area contributed by atoms with Crippen LogP contribution in [0.25, 0.3) is 0 Å². The summed E-state index contributed by atoms with van der Waals surface area (Å²) in [5.41, 5.74) is 0. The zero-order chi connectivity index (χ0) is 56.9. The highest BCUT2D eigenvalue weighted by atomic mass is 16.3. The molecule has 0 heterocycles. The van der Waals surface area contributed by atoms with E-state index in [-0.39, 0.29) is 12.5 Å². The standard InChI is InChI=1S/C75H129NO3/c1-3-5-7-9-11-13-15-17-19-21-23-25-27-29-31-33-35-36-37-38-39-40-41-43-45-47-49-51-53-55-57-59-61-63-65-67-69-71-75(79)76-73(72-77)74(78)70-68-66-64-62-60-58-56-54-52-50-48-46-44-42-34-32-30-28-26-24-22-20-18-16-14-12-10-8-6-4-2/h5,7,11,13,17,19,23,25,29,31,35-36,38-39,41,43,47,49,60,62,68,70,73-74,77-78H,3-4,6,8-10,12,14-16,18,20-22,24,26-28,30,32-34,37,40,42,44-46,48,50-59,61,63-67,69,71-72H2,1-2H3,(H,76,79)/b7-5-,13-11-,19-17-,25-23-,31-29-,36-35-,39-38-,43-41-,49-47-,62-60+,70-68+. The Kier molecular flexibility index (Phi) is 65.8. The van der Waals surface area contributed by atoms with E-state index in [9.17, 15) is 15.0 Å². The summed E-state index contributed by atoms with van der Waals surface area (Å²) in [6.07, 6.45) is 107. The van der Waals surface area contributed by atoms with Crippen molar-refractivity contribution in [1.82, 2.24) is 5.32 Å². The third kappa shape index (κ3) is 65.2. The summed E-state index contributed by atoms with van der Waals surface area (Å²) < 4.78 is 0. The number of unbranched alkanes of at least 4 members (excludes halogenated alkanes) is 34. The molecule has 0 aromatic heterocycles. The van der Waals surface area contributed by atoms with E-state index in [4.69, 9.17) is 0 Å². The van der Waals surface area contributed by atoms with E-state index in [0.717, 1.165) is 96.3 Å². The smallest absolute Gasteiger partial charge is 0.220 e. The molecule has 4 nitrogen and oxygen atoms in total. The number of carbonyl (C=O) groups excluding carboxylic acids is 1. The van der Waals surface area contributed by atoms with Crippen LogP contribution >= 0.6 is 0 Å². The number of rotatable bonds is 61. The molecular weight excluding hydrogens is 963 g/mol. The van der Waals surface area contributed by atoms with Gasteiger partial charge in [0.25, 0.3) is 0 Å². The van der Waals surface area contributed by atoms with Crippen molar-refractivity contribution in [2.24, 2.45) is 0 Å². The van der Waals surface area contributed by atoms with Gasteiger partial charge in [-0.2, -0.15) is 0 Å². The van der Waals surface area contributed by atoms with Crippen LogP contribution in [0.4, 0.5) is 0 Å². The van der Waals surface area contributed by atoms with Crippen molar-refractivity contribution in [2.75, 3.05) is 6.61 Å². The first-order chi connectivity index (χ1) is 39.2. The van der Waals surface area contributed by atoms with E-state index in [1.807, 2.05) is 6.08 Å². The summed E-state index contributed by atoms with van der Waals surface area (Å²) in [6, 6.07) is -0.654. The van der Waals surface area contributed by atoms with Crippen LogP contribution in [0.1, 0.15) is 316 Å². The molecule has 0 bridgehead atoms. The van der Waals surface area contributed by atoms with Crippen LogP contribution in [0.5, 0.6) is 0 Å². The highest BCUT2D eigenvalue weighted by molar-refractivity contribution is 5.76. The molecule has 2 atom stereocenters. The van der Waals surface area contributed by atoms with Crippen molar-refractivity contribution < 1.29 is 15.0 Å². The first-order valence-electron chi connectivity index (χ1n) is 33.9. The quantitative estimate of drug-likeness (QED) is 0.0420. The fourth-order valence-electron chi connectivity index (χ4n) is 9.78. The molecule has 0 aliphatic rings. The lowest BCUT2D eigenvalue weighted by molar-refractivity contribution is -0.123. The maximum atomic E-state index is 12.5. The maximum Gasteiger partial charge on any atom is 0.220 e. The number of carbonyl (C=O) groups is 1. The minimum atomic E-state index is -0.876. The molecule has 0 fully saturated rings. The van der Waals surface area contributed by atoms with Crippen molar-refractivity contribution in [2.45, 2.75) is 328 Å². The lowest BCUT2D eigenvalue weighted by atomic mass is 10.0. The number of aliphatic hydroxyl groups excluding tert-OH is 2. The van der Waals surface area contributed by atoms with Gasteiger partial charge in [-0.15, -0.1) is 0 Å². The Hall–Kier alpha value is -3.47. The fraction of sp³-hybridized carbons (Fsp3) is 0.693. The lowest BCUT2D eigenvalue weighted by Gasteiger charge is -2.19. The van der Waals surface area contributed by atoms with Gasteiger partial charge in [0, 0.05) is 6.42 Å². The van der Waals surface area contributed by atoms with Crippen molar-refractivity contribution in [1.29, 1.82) is 0 Å². The third-order valence-corrected chi connectivity index (χ3v) is 14.9. The minimum absolute atomic E-state index is 0.0826. The number of amides is 1. The van der Waals surface area contributed by atoms with Gasteiger partial charge in [-0.05, 0) is 103 Å². The Balaban J connectivity index is 3.59. The minimum Gasteiger partial charge on any atom is -0.394 e. The molecule has 1 amide bonds. The summed E-state index contributed by atoms with van der Waals surface area (Å²) in [5.74, 6) is -0.0826. The molecule has 0 aliphatic carbocycles. The van der Waals surface area contributed by atoms with Gasteiger partial charge in [0.15, 0.2) is 0 Å². The molecule has 3 N–H and O–H groups in total. The van der Waals surface area contributed by atoms with Gasteiger partial charge in [0.2, 0.25) is 5.91 Å². The molecule has 0 saturated carbocycles. The molecule has 452 valence electrons. The Morgan fingerprint density at radius 1 is 0.316 bits per heavy atom. The Morgan fingerprint density at radius 2 is 0.570 bits per heavy atom. The summed E-state index contributed by atoms with van der Waals surface area (Å²) in [5, 5.41) is 23.2. The molecular formula is C75H129NO3. The van der Waals surface area contributed by atoms with Gasteiger partial charge in [-0.25, -0.2) is 0 Å². The molecule has 79 heavy (non-hydrogen) atoms. The molecule has 0 saturated heterocycles. The number of nitrogens with one attached hydrogen (secondary N) is 1. The molecule has 0 aromatic rings. The number of allylic oxidation sites excluding steroid dienone is 21. The molecule has 4 heteroatoms. The second-order valence-corrected chi connectivity index (χ2v) is 22.5. The average molecular weight is 1090 g/mol. The first kappa shape index (κ1) is 75.5. The fourth-order valence-corrected chi connectivity index (χ4v) is 9.78. The van der Waals surface area contributed by atoms with E-state index in [2.05, 4.69) is 141 Å². The third-order valence-electron chi connectivity index (χ3n) is 14.9. The monoisotopic (exact) mass is 1090 g/mol. The number of aliphatic hydroxyl groups is 2. The normalized spacial score (nSPS) is 13.6. The van der Waals surface area contributed by atoms with Crippen molar-refractivity contribution in [3.8, 4) is 0 Å². The van der Waals surface area contributed by atoms with Gasteiger partial charge in [-0.3, -0.25) is 4.79 Å². The van der Waals surface area contributed by atoms with Crippen LogP contribution in [0.15, 0.2) is 134 Å². The van der Waals surface area contributed by atoms with Gasteiger partial charge >= 0.3 is 0 Å². The Bertz CT molecular complexity index is 1570. The molecule has 0 aliphatic heterocycles. The number of hydrogen-bond donors (Lipinski definition) is 3. The van der Waals surface area contributed by atoms with Gasteiger partial charge in [0.1, 0.15) is 0 Å². The largest absolute Gasteiger partial charge is 0.394 e. The van der Waals surface area contributed by atoms with Crippen molar-refractivity contribution in [3.63, 3.8) is 0 Å². The van der Waals surface area contributed by atoms with E-state index in [0.29, 0.717) is 6.42 Å². The van der Waals surface area contributed by atoms with E-state index in [1.54, 1.807) is 6.08 Å². The summed E-state index contributed by atoms with van der Waals surface area (Å²) >= 11 is 0. The summed E-state index contributed by atoms with van der Waals surface area (Å²) in [6.45, 7) is 4.20. The van der Waals surface area contributed by atoms with Crippen LogP contribution < -0.4 is 5.32 Å². The van der Waals surface area contributed by atoms with Gasteiger partial charge < -0.3 is 15.5 Å². The maximum absolute atomic E-state index is 12.5. The van der Waals surface area contributed by atoms with E-state index in [1.165, 1.54) is 199 Å². The van der Waals surface area contributed by atoms with Gasteiger partial charge in [-0.1, -0.05) is 340 Å². The SMILES string of the molecule is CC/C=C\C/C=C\C/C=C\C/C=C\C/C=C\C/C=C\C/C=C\C/C=C\C/C=C\CCCCCCCCCCCC(=O)NC(CO)C(O)/C=C/CC/C=C/CCCCCCCCCCCCCCCCCCCCCCCCCC. The van der Waals surface area contributed by atoms with Crippen molar-refractivity contribution >= 4 is 5.91 Å². The Morgan fingerprint density at radius 3 is 0.886 bits per heavy atom. The van der Waals surface area contributed by atoms with Crippen LogP contribution in [-0.2, 0) is 4.79 Å². The molecule has 0 aromatic carbocycles. The molecule has 0 spiro atoms. The average Bonchev–Trinajstić information content (AvgIpc) is 3.45. The second kappa shape index (κ2) is 68.8. The number of hydrogen-bond acceptors (Lipinski definition) is 3. The topological polar surface area (TPSA) is 69.6 Å².